The SMILES string of the molecule is C#CCN(CCC)Cc1ccc(N)cc1Cl. The van der Waals surface area contributed by atoms with Crippen LogP contribution in [0.25, 0.3) is 0 Å². The number of hydrogen-bond acceptors (Lipinski definition) is 2. The Morgan fingerprint density at radius 2 is 2.25 bits per heavy atom. The lowest BCUT2D eigenvalue weighted by Gasteiger charge is -2.19. The standard InChI is InChI=1S/C13H17ClN2/c1-3-7-16(8-4-2)10-11-5-6-12(15)9-13(11)14/h1,5-6,9H,4,7-8,10,15H2,2H3. The van der Waals surface area contributed by atoms with E-state index in [2.05, 4.69) is 17.7 Å². The maximum atomic E-state index is 6.12. The molecule has 3 heteroatoms. The summed E-state index contributed by atoms with van der Waals surface area (Å²) >= 11 is 6.12. The number of hydrogen-bond donors (Lipinski definition) is 1. The van der Waals surface area contributed by atoms with E-state index in [1.165, 1.54) is 0 Å². The molecule has 1 rings (SSSR count). The average Bonchev–Trinajstić information content (AvgIpc) is 2.23. The number of nitrogens with two attached hydrogens (primary N) is 1. The largest absolute Gasteiger partial charge is 0.399 e. The highest BCUT2D eigenvalue weighted by Crippen LogP contribution is 2.20. The third kappa shape index (κ3) is 3.77. The fourth-order valence-corrected chi connectivity index (χ4v) is 1.84. The Balaban J connectivity index is 2.73. The first-order valence-electron chi connectivity index (χ1n) is 5.37. The lowest BCUT2D eigenvalue weighted by Crippen LogP contribution is -2.24. The van der Waals surface area contributed by atoms with Crippen molar-refractivity contribution < 1.29 is 0 Å². The van der Waals surface area contributed by atoms with Gasteiger partial charge in [0.15, 0.2) is 0 Å². The summed E-state index contributed by atoms with van der Waals surface area (Å²) in [4.78, 5) is 2.19. The molecular formula is C13H17ClN2. The van der Waals surface area contributed by atoms with Crippen molar-refractivity contribution in [2.45, 2.75) is 19.9 Å². The van der Waals surface area contributed by atoms with Crippen LogP contribution in [0.3, 0.4) is 0 Å². The summed E-state index contributed by atoms with van der Waals surface area (Å²) in [5.74, 6) is 2.66. The highest BCUT2D eigenvalue weighted by Gasteiger charge is 2.06. The molecule has 0 saturated carbocycles. The minimum absolute atomic E-state index is 0.647. The summed E-state index contributed by atoms with van der Waals surface area (Å²) in [5.41, 5.74) is 7.40. The van der Waals surface area contributed by atoms with Gasteiger partial charge < -0.3 is 5.73 Å². The van der Waals surface area contributed by atoms with Gasteiger partial charge in [-0.2, -0.15) is 0 Å². The van der Waals surface area contributed by atoms with Gasteiger partial charge in [0.1, 0.15) is 0 Å². The van der Waals surface area contributed by atoms with Gasteiger partial charge in [-0.05, 0) is 30.7 Å². The highest BCUT2D eigenvalue weighted by atomic mass is 35.5. The van der Waals surface area contributed by atoms with Gasteiger partial charge in [-0.1, -0.05) is 30.5 Å². The van der Waals surface area contributed by atoms with E-state index in [-0.39, 0.29) is 0 Å². The van der Waals surface area contributed by atoms with Gasteiger partial charge in [0.2, 0.25) is 0 Å². The molecule has 0 aliphatic carbocycles. The first kappa shape index (κ1) is 12.9. The molecule has 0 aromatic heterocycles. The molecule has 16 heavy (non-hydrogen) atoms. The topological polar surface area (TPSA) is 29.3 Å². The molecule has 0 amide bonds. The van der Waals surface area contributed by atoms with Gasteiger partial charge in [0.25, 0.3) is 0 Å². The van der Waals surface area contributed by atoms with E-state index in [0.717, 1.165) is 25.1 Å². The van der Waals surface area contributed by atoms with Gasteiger partial charge >= 0.3 is 0 Å². The van der Waals surface area contributed by atoms with Crippen LogP contribution in [-0.2, 0) is 6.54 Å². The Kier molecular flexibility index (Phi) is 5.18. The fourth-order valence-electron chi connectivity index (χ4n) is 1.59. The van der Waals surface area contributed by atoms with E-state index in [1.54, 1.807) is 6.07 Å². The molecule has 0 bridgehead atoms. The third-order valence-electron chi connectivity index (χ3n) is 2.33. The molecular weight excluding hydrogens is 220 g/mol. The van der Waals surface area contributed by atoms with Crippen LogP contribution in [0.1, 0.15) is 18.9 Å². The third-order valence-corrected chi connectivity index (χ3v) is 2.68. The van der Waals surface area contributed by atoms with Crippen LogP contribution in [0, 0.1) is 12.3 Å². The second-order valence-corrected chi connectivity index (χ2v) is 4.17. The first-order chi connectivity index (χ1) is 7.67. The minimum atomic E-state index is 0.647. The van der Waals surface area contributed by atoms with E-state index in [9.17, 15) is 0 Å². The number of nitrogens with zero attached hydrogens (tertiary/aromatic N) is 1. The normalized spacial score (nSPS) is 10.4. The van der Waals surface area contributed by atoms with Crippen molar-refractivity contribution in [1.29, 1.82) is 0 Å². The van der Waals surface area contributed by atoms with Crippen LogP contribution < -0.4 is 5.73 Å². The van der Waals surface area contributed by atoms with Crippen molar-refractivity contribution in [2.75, 3.05) is 18.8 Å². The van der Waals surface area contributed by atoms with E-state index in [4.69, 9.17) is 23.8 Å². The molecule has 0 spiro atoms. The number of terminal acetylenes is 1. The fraction of sp³-hybridized carbons (Fsp3) is 0.385. The van der Waals surface area contributed by atoms with Gasteiger partial charge in [0.05, 0.1) is 6.54 Å². The number of halogens is 1. The molecule has 0 saturated heterocycles. The van der Waals surface area contributed by atoms with Crippen molar-refractivity contribution >= 4 is 17.3 Å². The monoisotopic (exact) mass is 236 g/mol. The molecule has 0 radical (unpaired) electrons. The number of anilines is 1. The zero-order valence-electron chi connectivity index (χ0n) is 9.54. The Bertz CT molecular complexity index is 382. The summed E-state index contributed by atoms with van der Waals surface area (Å²) in [5, 5.41) is 0.707. The highest BCUT2D eigenvalue weighted by molar-refractivity contribution is 6.31. The average molecular weight is 237 g/mol. The van der Waals surface area contributed by atoms with Gasteiger partial charge in [0, 0.05) is 17.3 Å². The summed E-state index contributed by atoms with van der Waals surface area (Å²) in [6.07, 6.45) is 6.41. The molecule has 2 N–H and O–H groups in total. The van der Waals surface area contributed by atoms with Crippen molar-refractivity contribution in [1.82, 2.24) is 4.90 Å². The van der Waals surface area contributed by atoms with Crippen LogP contribution in [-0.4, -0.2) is 18.0 Å². The van der Waals surface area contributed by atoms with E-state index >= 15 is 0 Å². The van der Waals surface area contributed by atoms with Crippen LogP contribution >= 0.6 is 11.6 Å². The second-order valence-electron chi connectivity index (χ2n) is 3.77. The Hall–Kier alpha value is -1.17. The zero-order chi connectivity index (χ0) is 12.0. The molecule has 1 aromatic carbocycles. The quantitative estimate of drug-likeness (QED) is 0.629. The Morgan fingerprint density at radius 3 is 2.81 bits per heavy atom. The van der Waals surface area contributed by atoms with Crippen molar-refractivity contribution in [3.63, 3.8) is 0 Å². The van der Waals surface area contributed by atoms with E-state index in [0.29, 0.717) is 17.3 Å². The van der Waals surface area contributed by atoms with E-state index < -0.39 is 0 Å². The molecule has 86 valence electrons. The molecule has 1 aromatic rings. The maximum absolute atomic E-state index is 6.12. The summed E-state index contributed by atoms with van der Waals surface area (Å²) in [7, 11) is 0. The summed E-state index contributed by atoms with van der Waals surface area (Å²) in [6, 6.07) is 5.59. The molecule has 0 aliphatic rings. The molecule has 0 unspecified atom stereocenters. The van der Waals surface area contributed by atoms with Crippen molar-refractivity contribution in [2.24, 2.45) is 0 Å². The maximum Gasteiger partial charge on any atom is 0.0601 e. The molecule has 0 fully saturated rings. The van der Waals surface area contributed by atoms with Gasteiger partial charge in [-0.3, -0.25) is 4.90 Å². The molecule has 0 atom stereocenters. The number of rotatable bonds is 5. The number of nitrogen functional groups attached to an aromatic ring is 1. The van der Waals surface area contributed by atoms with Crippen molar-refractivity contribution in [3.8, 4) is 12.3 Å². The Morgan fingerprint density at radius 1 is 1.50 bits per heavy atom. The lowest BCUT2D eigenvalue weighted by atomic mass is 10.2. The summed E-state index contributed by atoms with van der Waals surface area (Å²) < 4.78 is 0. The lowest BCUT2D eigenvalue weighted by molar-refractivity contribution is 0.300. The molecule has 2 nitrogen and oxygen atoms in total. The van der Waals surface area contributed by atoms with Crippen LogP contribution in [0.5, 0.6) is 0 Å². The van der Waals surface area contributed by atoms with Gasteiger partial charge in [-0.15, -0.1) is 6.42 Å². The Labute approximate surface area is 102 Å². The van der Waals surface area contributed by atoms with E-state index in [1.807, 2.05) is 12.1 Å². The second kappa shape index (κ2) is 6.42. The minimum Gasteiger partial charge on any atom is -0.399 e. The van der Waals surface area contributed by atoms with Crippen molar-refractivity contribution in [3.05, 3.63) is 28.8 Å². The van der Waals surface area contributed by atoms with Crippen LogP contribution in [0.4, 0.5) is 5.69 Å². The summed E-state index contributed by atoms with van der Waals surface area (Å²) in [6.45, 7) is 4.53. The predicted octanol–water partition coefficient (Wildman–Crippen LogP) is 2.77. The molecule has 0 heterocycles. The van der Waals surface area contributed by atoms with Crippen LogP contribution in [0.2, 0.25) is 5.02 Å². The first-order valence-corrected chi connectivity index (χ1v) is 5.75. The number of benzene rings is 1. The van der Waals surface area contributed by atoms with Gasteiger partial charge in [-0.25, -0.2) is 0 Å². The molecule has 0 aliphatic heterocycles. The predicted molar refractivity (Wildman–Crippen MR) is 70.3 cm³/mol. The smallest absolute Gasteiger partial charge is 0.0601 e. The zero-order valence-corrected chi connectivity index (χ0v) is 10.3. The van der Waals surface area contributed by atoms with Crippen LogP contribution in [0.15, 0.2) is 18.2 Å².